The van der Waals surface area contributed by atoms with Gasteiger partial charge >= 0.3 is 5.97 Å². The van der Waals surface area contributed by atoms with E-state index in [1.165, 1.54) is 5.01 Å². The highest BCUT2D eigenvalue weighted by Gasteiger charge is 2.18. The van der Waals surface area contributed by atoms with Crippen molar-refractivity contribution in [1.82, 2.24) is 19.9 Å². The summed E-state index contributed by atoms with van der Waals surface area (Å²) < 4.78 is 0. The molecule has 0 aromatic carbocycles. The third-order valence-electron chi connectivity index (χ3n) is 3.75. The number of hydrazine groups is 1. The Morgan fingerprint density at radius 1 is 1.29 bits per heavy atom. The first kappa shape index (κ1) is 18.0. The Bertz CT molecular complexity index is 544. The van der Waals surface area contributed by atoms with Crippen LogP contribution in [0.3, 0.4) is 0 Å². The minimum atomic E-state index is -0.819. The van der Waals surface area contributed by atoms with Gasteiger partial charge in [-0.25, -0.2) is 15.8 Å². The Morgan fingerprint density at radius 3 is 2.58 bits per heavy atom. The zero-order valence-corrected chi connectivity index (χ0v) is 13.7. The lowest BCUT2D eigenvalue weighted by atomic mass is 10.3. The molecule has 2 rings (SSSR count). The van der Waals surface area contributed by atoms with E-state index in [1.54, 1.807) is 24.7 Å². The molecule has 2 heterocycles. The Kier molecular flexibility index (Phi) is 6.76. The van der Waals surface area contributed by atoms with E-state index in [0.717, 1.165) is 32.1 Å². The van der Waals surface area contributed by atoms with Gasteiger partial charge in [0.05, 0.1) is 0 Å². The first-order chi connectivity index (χ1) is 11.5. The van der Waals surface area contributed by atoms with Crippen molar-refractivity contribution in [3.63, 3.8) is 0 Å². The van der Waals surface area contributed by atoms with E-state index in [0.29, 0.717) is 25.2 Å². The van der Waals surface area contributed by atoms with Crippen molar-refractivity contribution in [1.29, 1.82) is 0 Å². The van der Waals surface area contributed by atoms with Crippen molar-refractivity contribution in [3.05, 3.63) is 30.4 Å². The maximum absolute atomic E-state index is 10.5. The zero-order valence-electron chi connectivity index (χ0n) is 13.7. The number of carboxylic acid groups (broad SMARTS) is 1. The molecule has 1 fully saturated rings. The monoisotopic (exact) mass is 335 g/mol. The van der Waals surface area contributed by atoms with Gasteiger partial charge in [0.1, 0.15) is 0 Å². The lowest BCUT2D eigenvalue weighted by Crippen LogP contribution is -2.48. The summed E-state index contributed by atoms with van der Waals surface area (Å²) in [7, 11) is 0. The smallest absolute Gasteiger partial charge is 0.303 e. The van der Waals surface area contributed by atoms with E-state index < -0.39 is 5.97 Å². The van der Waals surface area contributed by atoms with Crippen molar-refractivity contribution >= 4 is 11.9 Å². The molecule has 0 radical (unpaired) electrons. The van der Waals surface area contributed by atoms with Crippen LogP contribution in [-0.2, 0) is 4.79 Å². The fourth-order valence-electron chi connectivity index (χ4n) is 2.55. The average Bonchev–Trinajstić information content (AvgIpc) is 2.56. The molecule has 9 heteroatoms. The second kappa shape index (κ2) is 9.04. The Morgan fingerprint density at radius 2 is 1.96 bits per heavy atom. The quantitative estimate of drug-likeness (QED) is 0.423. The van der Waals surface area contributed by atoms with Crippen molar-refractivity contribution in [2.24, 2.45) is 11.6 Å². The Balaban J connectivity index is 1.72. The zero-order chi connectivity index (χ0) is 17.4. The molecule has 24 heavy (non-hydrogen) atoms. The van der Waals surface area contributed by atoms with Crippen molar-refractivity contribution in [3.8, 4) is 0 Å². The van der Waals surface area contributed by atoms with Gasteiger partial charge in [-0.1, -0.05) is 0 Å². The number of piperazine rings is 1. The summed E-state index contributed by atoms with van der Waals surface area (Å²) >= 11 is 0. The van der Waals surface area contributed by atoms with Gasteiger partial charge < -0.3 is 20.7 Å². The number of hydrogen-bond donors (Lipinski definition) is 3. The Hall–Kier alpha value is -2.39. The summed E-state index contributed by atoms with van der Waals surface area (Å²) in [5, 5.41) is 10.1. The molecular formula is C15H25N7O2. The molecule has 1 aliphatic rings. The molecule has 0 saturated carbocycles. The van der Waals surface area contributed by atoms with Crippen LogP contribution >= 0.6 is 0 Å². The molecule has 1 aromatic heterocycles. The van der Waals surface area contributed by atoms with Crippen molar-refractivity contribution in [2.75, 3.05) is 44.2 Å². The third-order valence-corrected chi connectivity index (χ3v) is 3.75. The first-order valence-corrected chi connectivity index (χ1v) is 7.98. The minimum absolute atomic E-state index is 0.102. The predicted molar refractivity (Wildman–Crippen MR) is 90.7 cm³/mol. The molecule has 9 nitrogen and oxygen atoms in total. The molecule has 0 bridgehead atoms. The molecule has 5 N–H and O–H groups in total. The van der Waals surface area contributed by atoms with Crippen LogP contribution in [0, 0.1) is 0 Å². The molecule has 0 unspecified atom stereocenters. The fraction of sp³-hybridized carbons (Fsp3) is 0.533. The number of nitrogens with zero attached hydrogens (tertiary/aromatic N) is 5. The van der Waals surface area contributed by atoms with Gasteiger partial charge in [-0.2, -0.15) is 0 Å². The van der Waals surface area contributed by atoms with E-state index in [1.807, 2.05) is 0 Å². The van der Waals surface area contributed by atoms with Gasteiger partial charge in [0, 0.05) is 70.0 Å². The summed E-state index contributed by atoms with van der Waals surface area (Å²) in [6, 6.07) is 1.81. The average molecular weight is 335 g/mol. The summed E-state index contributed by atoms with van der Waals surface area (Å²) in [6.07, 6.45) is 5.76. The van der Waals surface area contributed by atoms with Gasteiger partial charge in [-0.05, 0) is 12.5 Å². The summed E-state index contributed by atoms with van der Waals surface area (Å²) in [4.78, 5) is 23.4. The third kappa shape index (κ3) is 6.01. The van der Waals surface area contributed by atoms with Crippen LogP contribution in [0.2, 0.25) is 0 Å². The number of anilines is 1. The summed E-state index contributed by atoms with van der Waals surface area (Å²) in [5.74, 6) is 5.74. The topological polar surface area (TPSA) is 125 Å². The lowest BCUT2D eigenvalue weighted by Gasteiger charge is -2.34. The molecule has 1 aromatic rings. The second-order valence-electron chi connectivity index (χ2n) is 5.75. The van der Waals surface area contributed by atoms with Gasteiger partial charge in [-0.3, -0.25) is 9.69 Å². The number of rotatable bonds is 8. The van der Waals surface area contributed by atoms with Crippen LogP contribution in [0.1, 0.15) is 12.8 Å². The van der Waals surface area contributed by atoms with E-state index in [2.05, 4.69) is 19.8 Å². The normalized spacial score (nSPS) is 16.2. The van der Waals surface area contributed by atoms with Gasteiger partial charge in [0.25, 0.3) is 0 Å². The fourth-order valence-corrected chi connectivity index (χ4v) is 2.55. The predicted octanol–water partition coefficient (Wildman–Crippen LogP) is -0.561. The van der Waals surface area contributed by atoms with E-state index in [4.69, 9.17) is 16.7 Å². The molecule has 0 amide bonds. The van der Waals surface area contributed by atoms with E-state index in [9.17, 15) is 4.79 Å². The van der Waals surface area contributed by atoms with Crippen LogP contribution in [-0.4, -0.2) is 70.2 Å². The van der Waals surface area contributed by atoms with Gasteiger partial charge in [0.2, 0.25) is 5.95 Å². The molecule has 0 atom stereocenters. The second-order valence-corrected chi connectivity index (χ2v) is 5.75. The van der Waals surface area contributed by atoms with Gasteiger partial charge in [-0.15, -0.1) is 0 Å². The van der Waals surface area contributed by atoms with Crippen LogP contribution in [0.15, 0.2) is 30.4 Å². The highest BCUT2D eigenvalue weighted by Crippen LogP contribution is 2.10. The largest absolute Gasteiger partial charge is 0.481 e. The number of hydrogen-bond acceptors (Lipinski definition) is 8. The molecular weight excluding hydrogens is 310 g/mol. The minimum Gasteiger partial charge on any atom is -0.481 e. The molecule has 0 spiro atoms. The number of aliphatic carboxylic acids is 1. The van der Waals surface area contributed by atoms with Crippen LogP contribution in [0.5, 0.6) is 0 Å². The van der Waals surface area contributed by atoms with Crippen LogP contribution in [0.4, 0.5) is 5.95 Å². The highest BCUT2D eigenvalue weighted by atomic mass is 16.4. The van der Waals surface area contributed by atoms with E-state index >= 15 is 0 Å². The van der Waals surface area contributed by atoms with Crippen LogP contribution in [0.25, 0.3) is 0 Å². The molecule has 1 aliphatic heterocycles. The maximum atomic E-state index is 10.5. The van der Waals surface area contributed by atoms with E-state index in [-0.39, 0.29) is 6.42 Å². The summed E-state index contributed by atoms with van der Waals surface area (Å²) in [6.45, 7) is 4.54. The number of aromatic nitrogens is 2. The number of carbonyl (C=O) groups is 1. The van der Waals surface area contributed by atoms with Crippen molar-refractivity contribution in [2.45, 2.75) is 12.8 Å². The standard InChI is InChI=1S/C15H25N7O2/c16-13(12-22(17)6-1-3-14(23)24)11-20-7-9-21(10-8-20)15-18-4-2-5-19-15/h2,4-5,12H,1,3,6-11,16-17H2,(H,23,24)/b13-12-. The SMILES string of the molecule is N/C(=C\N(N)CCCC(=O)O)CN1CCN(c2ncccn2)CC1. The lowest BCUT2D eigenvalue weighted by molar-refractivity contribution is -0.137. The molecule has 132 valence electrons. The van der Waals surface area contributed by atoms with Crippen molar-refractivity contribution < 1.29 is 9.90 Å². The number of nitrogens with two attached hydrogens (primary N) is 2. The molecule has 0 aliphatic carbocycles. The van der Waals surface area contributed by atoms with Gasteiger partial charge in [0.15, 0.2) is 0 Å². The maximum Gasteiger partial charge on any atom is 0.303 e. The number of carboxylic acids is 1. The highest BCUT2D eigenvalue weighted by molar-refractivity contribution is 5.66. The van der Waals surface area contributed by atoms with Crippen LogP contribution < -0.4 is 16.5 Å². The molecule has 1 saturated heterocycles. The Labute approximate surface area is 141 Å². The first-order valence-electron chi connectivity index (χ1n) is 7.98. The summed E-state index contributed by atoms with van der Waals surface area (Å²) in [5.41, 5.74) is 6.69.